The number of thioether (sulfide) groups is 1. The summed E-state index contributed by atoms with van der Waals surface area (Å²) < 4.78 is 0. The Hall–Kier alpha value is -2.26. The van der Waals surface area contributed by atoms with Crippen LogP contribution in [0.3, 0.4) is 0 Å². The maximum Gasteiger partial charge on any atom is 0.0765 e. The summed E-state index contributed by atoms with van der Waals surface area (Å²) in [5.41, 5.74) is 1.53. The van der Waals surface area contributed by atoms with Crippen LogP contribution in [0.2, 0.25) is 0 Å². The molecule has 0 aromatic heterocycles. The number of benzene rings is 3. The number of aliphatic imine (C=N–C) groups is 1. The SMILES string of the molecule is CSc1ccccc1N=Cc1c([O-])ccc2ccccc12. The Morgan fingerprint density at radius 3 is 2.57 bits per heavy atom. The summed E-state index contributed by atoms with van der Waals surface area (Å²) in [7, 11) is 0. The Labute approximate surface area is 128 Å². The van der Waals surface area contributed by atoms with Crippen LogP contribution >= 0.6 is 11.8 Å². The molecule has 3 aromatic carbocycles. The first-order chi connectivity index (χ1) is 10.3. The predicted octanol–water partition coefficient (Wildman–Crippen LogP) is 4.39. The molecule has 0 saturated heterocycles. The summed E-state index contributed by atoms with van der Waals surface area (Å²) in [5.74, 6) is -0.000849. The fourth-order valence-electron chi connectivity index (χ4n) is 2.28. The average molecular weight is 292 g/mol. The molecule has 0 aliphatic heterocycles. The number of nitrogens with zero attached hydrogens (tertiary/aromatic N) is 1. The zero-order chi connectivity index (χ0) is 14.7. The second-order valence-corrected chi connectivity index (χ2v) is 5.48. The highest BCUT2D eigenvalue weighted by Gasteiger charge is 2.01. The summed E-state index contributed by atoms with van der Waals surface area (Å²) in [6.07, 6.45) is 3.70. The van der Waals surface area contributed by atoms with E-state index >= 15 is 0 Å². The van der Waals surface area contributed by atoms with Gasteiger partial charge in [0.1, 0.15) is 0 Å². The topological polar surface area (TPSA) is 35.4 Å². The van der Waals surface area contributed by atoms with Crippen molar-refractivity contribution >= 4 is 34.4 Å². The van der Waals surface area contributed by atoms with Crippen LogP contribution in [0.25, 0.3) is 10.8 Å². The Bertz CT molecular complexity index is 811. The lowest BCUT2D eigenvalue weighted by atomic mass is 10.0. The number of hydrogen-bond donors (Lipinski definition) is 0. The molecule has 3 rings (SSSR count). The standard InChI is InChI=1S/C18H15NOS/c1-21-18-9-5-4-8-16(18)19-12-15-14-7-3-2-6-13(14)10-11-17(15)20/h2-12,20H,1H3/p-1. The number of rotatable bonds is 3. The molecule has 0 radical (unpaired) electrons. The first-order valence-corrected chi connectivity index (χ1v) is 7.88. The van der Waals surface area contributed by atoms with Gasteiger partial charge in [-0.1, -0.05) is 54.3 Å². The minimum Gasteiger partial charge on any atom is -0.872 e. The molecular formula is C18H14NOS-. The van der Waals surface area contributed by atoms with Gasteiger partial charge < -0.3 is 5.11 Å². The third-order valence-electron chi connectivity index (χ3n) is 3.35. The van der Waals surface area contributed by atoms with Crippen LogP contribution in [0.1, 0.15) is 5.56 Å². The summed E-state index contributed by atoms with van der Waals surface area (Å²) in [6, 6.07) is 19.2. The molecule has 0 atom stereocenters. The van der Waals surface area contributed by atoms with Crippen LogP contribution in [-0.4, -0.2) is 12.5 Å². The molecule has 0 unspecified atom stereocenters. The molecule has 0 bridgehead atoms. The lowest BCUT2D eigenvalue weighted by molar-refractivity contribution is -0.268. The van der Waals surface area contributed by atoms with Gasteiger partial charge in [0, 0.05) is 11.1 Å². The van der Waals surface area contributed by atoms with Gasteiger partial charge in [0.15, 0.2) is 0 Å². The second-order valence-electron chi connectivity index (χ2n) is 4.63. The van der Waals surface area contributed by atoms with Gasteiger partial charge in [0.05, 0.1) is 5.69 Å². The van der Waals surface area contributed by atoms with Crippen LogP contribution < -0.4 is 5.11 Å². The van der Waals surface area contributed by atoms with Crippen molar-refractivity contribution < 1.29 is 5.11 Å². The van der Waals surface area contributed by atoms with Crippen LogP contribution in [0.15, 0.2) is 70.6 Å². The molecule has 0 saturated carbocycles. The molecule has 0 aliphatic carbocycles. The van der Waals surface area contributed by atoms with Gasteiger partial charge in [0.2, 0.25) is 0 Å². The normalized spacial score (nSPS) is 11.3. The minimum atomic E-state index is -0.000849. The molecular weight excluding hydrogens is 278 g/mol. The van der Waals surface area contributed by atoms with Crippen LogP contribution in [0.4, 0.5) is 5.69 Å². The lowest BCUT2D eigenvalue weighted by Crippen LogP contribution is -1.97. The molecule has 3 aromatic rings. The van der Waals surface area contributed by atoms with Crippen LogP contribution in [-0.2, 0) is 0 Å². The number of hydrogen-bond acceptors (Lipinski definition) is 3. The molecule has 0 fully saturated rings. The average Bonchev–Trinajstić information content (AvgIpc) is 2.54. The second kappa shape index (κ2) is 6.02. The Kier molecular flexibility index (Phi) is 3.93. The monoisotopic (exact) mass is 292 g/mol. The number of para-hydroxylation sites is 1. The van der Waals surface area contributed by atoms with Gasteiger partial charge >= 0.3 is 0 Å². The summed E-state index contributed by atoms with van der Waals surface area (Å²) in [6.45, 7) is 0. The highest BCUT2D eigenvalue weighted by molar-refractivity contribution is 7.98. The summed E-state index contributed by atoms with van der Waals surface area (Å²) >= 11 is 1.65. The molecule has 0 spiro atoms. The van der Waals surface area contributed by atoms with Gasteiger partial charge in [-0.25, -0.2) is 0 Å². The van der Waals surface area contributed by atoms with Crippen molar-refractivity contribution in [3.63, 3.8) is 0 Å². The van der Waals surface area contributed by atoms with E-state index in [-0.39, 0.29) is 5.75 Å². The maximum atomic E-state index is 12.1. The highest BCUT2D eigenvalue weighted by atomic mass is 32.2. The van der Waals surface area contributed by atoms with Gasteiger partial charge in [-0.15, -0.1) is 11.8 Å². The largest absolute Gasteiger partial charge is 0.872 e. The van der Waals surface area contributed by atoms with Crippen molar-refractivity contribution in [3.8, 4) is 5.75 Å². The van der Waals surface area contributed by atoms with E-state index in [0.29, 0.717) is 5.56 Å². The van der Waals surface area contributed by atoms with Gasteiger partial charge in [-0.05, 0) is 34.7 Å². The fraction of sp³-hybridized carbons (Fsp3) is 0.0556. The Morgan fingerprint density at radius 1 is 0.952 bits per heavy atom. The molecule has 3 heteroatoms. The van der Waals surface area contributed by atoms with E-state index in [9.17, 15) is 5.11 Å². The molecule has 21 heavy (non-hydrogen) atoms. The quantitative estimate of drug-likeness (QED) is 0.530. The third kappa shape index (κ3) is 2.78. The molecule has 0 aliphatic rings. The van der Waals surface area contributed by atoms with Crippen LogP contribution in [0, 0.1) is 0 Å². The molecule has 104 valence electrons. The van der Waals surface area contributed by atoms with Gasteiger partial charge in [-0.3, -0.25) is 4.99 Å². The summed E-state index contributed by atoms with van der Waals surface area (Å²) in [5, 5.41) is 14.1. The Morgan fingerprint density at radius 2 is 1.71 bits per heavy atom. The van der Waals surface area contributed by atoms with E-state index < -0.39 is 0 Å². The Balaban J connectivity index is 2.09. The van der Waals surface area contributed by atoms with Crippen molar-refractivity contribution in [1.82, 2.24) is 0 Å². The van der Waals surface area contributed by atoms with E-state index in [4.69, 9.17) is 0 Å². The predicted molar refractivity (Wildman–Crippen MR) is 88.9 cm³/mol. The number of fused-ring (bicyclic) bond motifs is 1. The summed E-state index contributed by atoms with van der Waals surface area (Å²) in [4.78, 5) is 5.61. The zero-order valence-electron chi connectivity index (χ0n) is 11.6. The van der Waals surface area contributed by atoms with Gasteiger partial charge in [0.25, 0.3) is 0 Å². The zero-order valence-corrected chi connectivity index (χ0v) is 12.4. The fourth-order valence-corrected chi connectivity index (χ4v) is 2.82. The van der Waals surface area contributed by atoms with Crippen LogP contribution in [0.5, 0.6) is 5.75 Å². The van der Waals surface area contributed by atoms with E-state index in [2.05, 4.69) is 4.99 Å². The lowest BCUT2D eigenvalue weighted by Gasteiger charge is -2.13. The van der Waals surface area contributed by atoms with Crippen molar-refractivity contribution in [1.29, 1.82) is 0 Å². The molecule has 0 heterocycles. The molecule has 0 amide bonds. The van der Waals surface area contributed by atoms with Crippen molar-refractivity contribution in [2.45, 2.75) is 4.90 Å². The maximum absolute atomic E-state index is 12.1. The van der Waals surface area contributed by atoms with E-state index in [1.807, 2.05) is 60.9 Å². The van der Waals surface area contributed by atoms with E-state index in [1.54, 1.807) is 24.0 Å². The van der Waals surface area contributed by atoms with Crippen molar-refractivity contribution in [2.24, 2.45) is 4.99 Å². The van der Waals surface area contributed by atoms with E-state index in [1.165, 1.54) is 0 Å². The first kappa shape index (κ1) is 13.7. The highest BCUT2D eigenvalue weighted by Crippen LogP contribution is 2.29. The van der Waals surface area contributed by atoms with Crippen molar-refractivity contribution in [2.75, 3.05) is 6.26 Å². The van der Waals surface area contributed by atoms with Gasteiger partial charge in [-0.2, -0.15) is 0 Å². The first-order valence-electron chi connectivity index (χ1n) is 6.65. The smallest absolute Gasteiger partial charge is 0.0765 e. The van der Waals surface area contributed by atoms with E-state index in [0.717, 1.165) is 21.4 Å². The molecule has 2 nitrogen and oxygen atoms in total. The molecule has 0 N–H and O–H groups in total. The minimum absolute atomic E-state index is 0.000849. The third-order valence-corrected chi connectivity index (χ3v) is 4.13. The van der Waals surface area contributed by atoms with Crippen molar-refractivity contribution in [3.05, 3.63) is 66.2 Å².